The Labute approximate surface area is 170 Å². The molecule has 0 unspecified atom stereocenters. The van der Waals surface area contributed by atoms with Crippen molar-refractivity contribution in [2.75, 3.05) is 26.8 Å². The molecule has 3 heterocycles. The lowest BCUT2D eigenvalue weighted by Gasteiger charge is -2.45. The predicted molar refractivity (Wildman–Crippen MR) is 110 cm³/mol. The number of aryl methyl sites for hydroxylation is 1. The first kappa shape index (κ1) is 18.2. The molecule has 0 radical (unpaired) electrons. The van der Waals surface area contributed by atoms with Crippen LogP contribution in [0.3, 0.4) is 0 Å². The van der Waals surface area contributed by atoms with Crippen molar-refractivity contribution in [2.24, 2.45) is 7.05 Å². The third-order valence-electron chi connectivity index (χ3n) is 6.36. The fraction of sp³-hybridized carbons (Fsp3) is 0.391. The van der Waals surface area contributed by atoms with Crippen molar-refractivity contribution in [1.82, 2.24) is 14.7 Å². The highest BCUT2D eigenvalue weighted by molar-refractivity contribution is 6.04. The average Bonchev–Trinajstić information content (AvgIpc) is 3.10. The first-order chi connectivity index (χ1) is 14.1. The van der Waals surface area contributed by atoms with Crippen molar-refractivity contribution < 1.29 is 14.3 Å². The Morgan fingerprint density at radius 3 is 2.72 bits per heavy atom. The molecule has 0 atom stereocenters. The highest BCUT2D eigenvalue weighted by atomic mass is 16.5. The minimum atomic E-state index is -0.372. The first-order valence-corrected chi connectivity index (χ1v) is 10.1. The van der Waals surface area contributed by atoms with Crippen LogP contribution in [0.1, 0.15) is 34.5 Å². The number of fused-ring (bicyclic) bond motifs is 3. The summed E-state index contributed by atoms with van der Waals surface area (Å²) < 4.78 is 13.8. The minimum Gasteiger partial charge on any atom is -0.496 e. The van der Waals surface area contributed by atoms with E-state index in [2.05, 4.69) is 11.2 Å². The van der Waals surface area contributed by atoms with E-state index in [4.69, 9.17) is 9.47 Å². The molecule has 6 heteroatoms. The number of carbonyl (C=O) groups excluding carboxylic acids is 1. The number of carbonyl (C=O) groups is 1. The lowest BCUT2D eigenvalue weighted by Crippen LogP contribution is -2.48. The van der Waals surface area contributed by atoms with Crippen molar-refractivity contribution in [2.45, 2.75) is 24.9 Å². The second-order valence-electron chi connectivity index (χ2n) is 7.87. The lowest BCUT2D eigenvalue weighted by molar-refractivity contribution is -0.0947. The van der Waals surface area contributed by atoms with Crippen LogP contribution in [0.5, 0.6) is 5.75 Å². The summed E-state index contributed by atoms with van der Waals surface area (Å²) in [6.45, 7) is 1.99. The van der Waals surface area contributed by atoms with Crippen molar-refractivity contribution in [3.8, 4) is 5.75 Å². The van der Waals surface area contributed by atoms with Crippen LogP contribution in [0.2, 0.25) is 0 Å². The number of rotatable bonds is 2. The van der Waals surface area contributed by atoms with Gasteiger partial charge in [0.2, 0.25) is 0 Å². The molecule has 1 spiro atoms. The summed E-state index contributed by atoms with van der Waals surface area (Å²) in [6.07, 6.45) is 2.42. The fourth-order valence-electron chi connectivity index (χ4n) is 4.89. The highest BCUT2D eigenvalue weighted by Crippen LogP contribution is 2.46. The Bertz CT molecular complexity index is 1070. The normalized spacial score (nSPS) is 18.1. The maximum atomic E-state index is 13.3. The molecule has 150 valence electrons. The van der Waals surface area contributed by atoms with Crippen LogP contribution in [-0.2, 0) is 23.8 Å². The maximum absolute atomic E-state index is 13.3. The maximum Gasteiger partial charge on any atom is 0.275 e. The van der Waals surface area contributed by atoms with Gasteiger partial charge in [0.25, 0.3) is 5.91 Å². The van der Waals surface area contributed by atoms with Gasteiger partial charge in [-0.05, 0) is 37.0 Å². The van der Waals surface area contributed by atoms with E-state index < -0.39 is 0 Å². The van der Waals surface area contributed by atoms with E-state index in [1.54, 1.807) is 11.8 Å². The summed E-state index contributed by atoms with van der Waals surface area (Å²) in [5, 5.41) is 5.41. The number of nitrogens with zero attached hydrogens (tertiary/aromatic N) is 3. The first-order valence-electron chi connectivity index (χ1n) is 10.1. The van der Waals surface area contributed by atoms with Crippen LogP contribution >= 0.6 is 0 Å². The van der Waals surface area contributed by atoms with Crippen LogP contribution in [-0.4, -0.2) is 47.4 Å². The molecule has 0 N–H and O–H groups in total. The monoisotopic (exact) mass is 391 g/mol. The van der Waals surface area contributed by atoms with Gasteiger partial charge in [0.15, 0.2) is 5.69 Å². The van der Waals surface area contributed by atoms with Gasteiger partial charge in [0.1, 0.15) is 11.4 Å². The lowest BCUT2D eigenvalue weighted by atomic mass is 9.78. The number of piperidine rings is 1. The van der Waals surface area contributed by atoms with E-state index in [-0.39, 0.29) is 11.5 Å². The van der Waals surface area contributed by atoms with E-state index in [0.29, 0.717) is 25.4 Å². The SMILES string of the molecule is COc1cccc2c1C1(CCN(C(=O)c3nn(C)c4ccccc34)CC1)OCC2. The third kappa shape index (κ3) is 2.82. The van der Waals surface area contributed by atoms with Crippen LogP contribution in [0, 0.1) is 0 Å². The standard InChI is InChI=1S/C23H25N3O3/c1-25-18-8-4-3-7-17(18)21(24-25)22(27)26-13-11-23(12-14-26)20-16(10-15-29-23)6-5-9-19(20)28-2/h3-9H,10-15H2,1-2H3. The molecule has 3 aromatic rings. The zero-order chi connectivity index (χ0) is 20.0. The largest absolute Gasteiger partial charge is 0.496 e. The van der Waals surface area contributed by atoms with Crippen molar-refractivity contribution in [1.29, 1.82) is 0 Å². The summed E-state index contributed by atoms with van der Waals surface area (Å²) in [5.41, 5.74) is 3.60. The summed E-state index contributed by atoms with van der Waals surface area (Å²) in [7, 11) is 3.59. The van der Waals surface area contributed by atoms with Crippen molar-refractivity contribution in [3.05, 3.63) is 59.3 Å². The Morgan fingerprint density at radius 1 is 1.14 bits per heavy atom. The molecule has 0 saturated carbocycles. The molecule has 2 aliphatic heterocycles. The number of aromatic nitrogens is 2. The summed E-state index contributed by atoms with van der Waals surface area (Å²) >= 11 is 0. The van der Waals surface area contributed by atoms with Gasteiger partial charge in [-0.15, -0.1) is 0 Å². The zero-order valence-corrected chi connectivity index (χ0v) is 16.9. The summed E-state index contributed by atoms with van der Waals surface area (Å²) in [5.74, 6) is 0.880. The number of para-hydroxylation sites is 1. The van der Waals surface area contributed by atoms with Crippen molar-refractivity contribution in [3.63, 3.8) is 0 Å². The molecule has 1 saturated heterocycles. The summed E-state index contributed by atoms with van der Waals surface area (Å²) in [4.78, 5) is 15.2. The molecule has 1 amide bonds. The van der Waals surface area contributed by atoms with Gasteiger partial charge < -0.3 is 14.4 Å². The molecule has 2 aliphatic rings. The number of benzene rings is 2. The predicted octanol–water partition coefficient (Wildman–Crippen LogP) is 3.29. The van der Waals surface area contributed by atoms with E-state index in [9.17, 15) is 4.79 Å². The van der Waals surface area contributed by atoms with Gasteiger partial charge in [-0.1, -0.05) is 30.3 Å². The molecule has 1 fully saturated rings. The topological polar surface area (TPSA) is 56.6 Å². The smallest absolute Gasteiger partial charge is 0.275 e. The number of methoxy groups -OCH3 is 1. The second-order valence-corrected chi connectivity index (χ2v) is 7.87. The number of likely N-dealkylation sites (tertiary alicyclic amines) is 1. The Morgan fingerprint density at radius 2 is 1.93 bits per heavy atom. The molecule has 0 aliphatic carbocycles. The van der Waals surface area contributed by atoms with Crippen LogP contribution in [0.4, 0.5) is 0 Å². The Hall–Kier alpha value is -2.86. The van der Waals surface area contributed by atoms with Gasteiger partial charge in [-0.3, -0.25) is 9.48 Å². The minimum absolute atomic E-state index is 0.00675. The molecular weight excluding hydrogens is 366 g/mol. The highest BCUT2D eigenvalue weighted by Gasteiger charge is 2.44. The Balaban J connectivity index is 1.42. The molecule has 5 rings (SSSR count). The molecule has 0 bridgehead atoms. The Kier molecular flexibility index (Phi) is 4.32. The molecular formula is C23H25N3O3. The average molecular weight is 391 g/mol. The summed E-state index contributed by atoms with van der Waals surface area (Å²) in [6, 6.07) is 14.1. The molecule has 1 aromatic heterocycles. The van der Waals surface area contributed by atoms with Crippen LogP contribution < -0.4 is 4.74 Å². The van der Waals surface area contributed by atoms with E-state index >= 15 is 0 Å². The quantitative estimate of drug-likeness (QED) is 0.673. The number of ether oxygens (including phenoxy) is 2. The van der Waals surface area contributed by atoms with Gasteiger partial charge in [-0.2, -0.15) is 5.10 Å². The van der Waals surface area contributed by atoms with Crippen LogP contribution in [0.15, 0.2) is 42.5 Å². The van der Waals surface area contributed by atoms with Crippen LogP contribution in [0.25, 0.3) is 10.9 Å². The van der Waals surface area contributed by atoms with Gasteiger partial charge in [-0.25, -0.2) is 0 Å². The third-order valence-corrected chi connectivity index (χ3v) is 6.36. The number of hydrogen-bond donors (Lipinski definition) is 0. The van der Waals surface area contributed by atoms with E-state index in [1.807, 2.05) is 48.3 Å². The van der Waals surface area contributed by atoms with Gasteiger partial charge in [0.05, 0.1) is 19.2 Å². The fourth-order valence-corrected chi connectivity index (χ4v) is 4.89. The number of hydrogen-bond acceptors (Lipinski definition) is 4. The van der Waals surface area contributed by atoms with Gasteiger partial charge in [0, 0.05) is 31.1 Å². The van der Waals surface area contributed by atoms with E-state index in [0.717, 1.165) is 35.9 Å². The zero-order valence-electron chi connectivity index (χ0n) is 16.9. The van der Waals surface area contributed by atoms with E-state index in [1.165, 1.54) is 11.1 Å². The molecule has 6 nitrogen and oxygen atoms in total. The van der Waals surface area contributed by atoms with Crippen molar-refractivity contribution >= 4 is 16.8 Å². The second kappa shape index (κ2) is 6.88. The molecule has 29 heavy (non-hydrogen) atoms. The molecule has 2 aromatic carbocycles. The van der Waals surface area contributed by atoms with Gasteiger partial charge >= 0.3 is 0 Å². The number of amides is 1.